The van der Waals surface area contributed by atoms with E-state index in [9.17, 15) is 14.4 Å². The Kier molecular flexibility index (Phi) is 5.84. The van der Waals surface area contributed by atoms with Crippen LogP contribution in [-0.4, -0.2) is 60.2 Å². The monoisotopic (exact) mass is 432 g/mol. The van der Waals surface area contributed by atoms with E-state index in [1.807, 2.05) is 17.0 Å². The van der Waals surface area contributed by atoms with Crippen LogP contribution in [0.2, 0.25) is 4.34 Å². The molecule has 152 valence electrons. The van der Waals surface area contributed by atoms with E-state index in [-0.39, 0.29) is 30.7 Å². The zero-order chi connectivity index (χ0) is 20.4. The Labute approximate surface area is 177 Å². The Hall–Kier alpha value is -2.42. The number of nitrogens with zero attached hydrogens (tertiary/aromatic N) is 2. The van der Waals surface area contributed by atoms with Gasteiger partial charge in [0.2, 0.25) is 5.91 Å². The van der Waals surface area contributed by atoms with Crippen molar-refractivity contribution in [2.45, 2.75) is 12.6 Å². The van der Waals surface area contributed by atoms with Gasteiger partial charge in [-0.2, -0.15) is 0 Å². The van der Waals surface area contributed by atoms with Crippen molar-refractivity contribution in [2.75, 3.05) is 32.7 Å². The molecule has 4 rings (SSSR count). The first-order valence-corrected chi connectivity index (χ1v) is 10.7. The average Bonchev–Trinajstić information content (AvgIpc) is 3.29. The Morgan fingerprint density at radius 2 is 1.93 bits per heavy atom. The van der Waals surface area contributed by atoms with Crippen LogP contribution in [0.3, 0.4) is 0 Å². The second-order valence-electron chi connectivity index (χ2n) is 6.95. The highest BCUT2D eigenvalue weighted by Gasteiger charge is 2.37. The van der Waals surface area contributed by atoms with Crippen LogP contribution < -0.4 is 10.6 Å². The largest absolute Gasteiger partial charge is 0.340 e. The van der Waals surface area contributed by atoms with Crippen LogP contribution in [-0.2, 0) is 4.79 Å². The van der Waals surface area contributed by atoms with Crippen molar-refractivity contribution >= 4 is 40.7 Å². The molecule has 1 aromatic carbocycles. The maximum atomic E-state index is 12.9. The van der Waals surface area contributed by atoms with Gasteiger partial charge in [-0.1, -0.05) is 29.8 Å². The Morgan fingerprint density at radius 1 is 1.17 bits per heavy atom. The van der Waals surface area contributed by atoms with Gasteiger partial charge in [0, 0.05) is 50.3 Å². The molecule has 0 radical (unpaired) electrons. The van der Waals surface area contributed by atoms with Gasteiger partial charge in [-0.15, -0.1) is 11.3 Å². The molecule has 0 spiro atoms. The van der Waals surface area contributed by atoms with Gasteiger partial charge in [-0.05, 0) is 18.2 Å². The van der Waals surface area contributed by atoms with E-state index in [4.69, 9.17) is 11.6 Å². The summed E-state index contributed by atoms with van der Waals surface area (Å²) in [6, 6.07) is 10.5. The summed E-state index contributed by atoms with van der Waals surface area (Å²) < 4.78 is 0.525. The topological polar surface area (TPSA) is 81.8 Å². The lowest BCUT2D eigenvalue weighted by Gasteiger charge is -2.30. The second kappa shape index (κ2) is 8.52. The number of nitrogens with one attached hydrogen (secondary N) is 2. The Morgan fingerprint density at radius 3 is 2.66 bits per heavy atom. The maximum absolute atomic E-state index is 12.9. The molecule has 2 aliphatic heterocycles. The molecule has 0 aliphatic carbocycles. The van der Waals surface area contributed by atoms with E-state index < -0.39 is 6.17 Å². The lowest BCUT2D eigenvalue weighted by Crippen LogP contribution is -2.47. The molecule has 1 unspecified atom stereocenters. The van der Waals surface area contributed by atoms with Crippen LogP contribution in [0.15, 0.2) is 36.4 Å². The minimum atomic E-state index is -0.608. The van der Waals surface area contributed by atoms with Crippen LogP contribution in [0.25, 0.3) is 0 Å². The summed E-state index contributed by atoms with van der Waals surface area (Å²) in [7, 11) is 0. The van der Waals surface area contributed by atoms with E-state index in [1.165, 1.54) is 11.3 Å². The van der Waals surface area contributed by atoms with Gasteiger partial charge in [-0.3, -0.25) is 14.4 Å². The number of benzene rings is 1. The predicted molar refractivity (Wildman–Crippen MR) is 111 cm³/mol. The molecule has 1 aromatic heterocycles. The third-order valence-corrected chi connectivity index (χ3v) is 6.39. The summed E-state index contributed by atoms with van der Waals surface area (Å²) in [5, 5.41) is 6.15. The summed E-state index contributed by atoms with van der Waals surface area (Å²) in [6.07, 6.45) is -0.389. The van der Waals surface area contributed by atoms with E-state index in [0.29, 0.717) is 27.9 Å². The summed E-state index contributed by atoms with van der Waals surface area (Å²) in [5.41, 5.74) is 1.29. The van der Waals surface area contributed by atoms with Gasteiger partial charge in [0.25, 0.3) is 11.8 Å². The molecule has 3 heterocycles. The summed E-state index contributed by atoms with van der Waals surface area (Å²) in [6.45, 7) is 3.15. The molecule has 1 fully saturated rings. The zero-order valence-electron chi connectivity index (χ0n) is 15.7. The molecule has 7 nitrogen and oxygen atoms in total. The lowest BCUT2D eigenvalue weighted by atomic mass is 10.1. The molecule has 2 aromatic rings. The smallest absolute Gasteiger partial charge is 0.263 e. The molecule has 0 saturated carbocycles. The first kappa shape index (κ1) is 19.9. The highest BCUT2D eigenvalue weighted by molar-refractivity contribution is 7.18. The third kappa shape index (κ3) is 4.14. The normalized spacial score (nSPS) is 18.7. The summed E-state index contributed by atoms with van der Waals surface area (Å²) in [5.74, 6) is -0.455. The lowest BCUT2D eigenvalue weighted by molar-refractivity contribution is -0.132. The van der Waals surface area contributed by atoms with E-state index >= 15 is 0 Å². The van der Waals surface area contributed by atoms with Crippen molar-refractivity contribution in [1.82, 2.24) is 20.4 Å². The van der Waals surface area contributed by atoms with Crippen molar-refractivity contribution in [1.29, 1.82) is 0 Å². The molecule has 2 aliphatic rings. The van der Waals surface area contributed by atoms with Gasteiger partial charge >= 0.3 is 0 Å². The molecule has 2 N–H and O–H groups in total. The predicted octanol–water partition coefficient (Wildman–Crippen LogP) is 2.11. The van der Waals surface area contributed by atoms with Crippen molar-refractivity contribution in [3.63, 3.8) is 0 Å². The number of piperazine rings is 1. The molecular formula is C20H21ClN4O3S. The number of rotatable bonds is 5. The first-order valence-electron chi connectivity index (χ1n) is 9.49. The van der Waals surface area contributed by atoms with Crippen molar-refractivity contribution in [2.24, 2.45) is 0 Å². The SMILES string of the molecule is O=C(NC1c2ccccc2C(=O)N1CCC(=O)N1CCNCC1)c1ccc(Cl)s1. The van der Waals surface area contributed by atoms with E-state index in [0.717, 1.165) is 18.7 Å². The van der Waals surface area contributed by atoms with Crippen LogP contribution in [0.4, 0.5) is 0 Å². The van der Waals surface area contributed by atoms with E-state index in [2.05, 4.69) is 10.6 Å². The number of hydrogen-bond acceptors (Lipinski definition) is 5. The molecule has 9 heteroatoms. The second-order valence-corrected chi connectivity index (χ2v) is 8.66. The maximum Gasteiger partial charge on any atom is 0.263 e. The number of carbonyl (C=O) groups excluding carboxylic acids is 3. The van der Waals surface area contributed by atoms with Crippen molar-refractivity contribution < 1.29 is 14.4 Å². The molecule has 3 amide bonds. The number of amides is 3. The van der Waals surface area contributed by atoms with Gasteiger partial charge in [0.05, 0.1) is 9.21 Å². The number of carbonyl (C=O) groups is 3. The third-order valence-electron chi connectivity index (χ3n) is 5.16. The fourth-order valence-corrected chi connectivity index (χ4v) is 4.62. The number of hydrogen-bond donors (Lipinski definition) is 2. The molecule has 29 heavy (non-hydrogen) atoms. The molecule has 1 saturated heterocycles. The zero-order valence-corrected chi connectivity index (χ0v) is 17.3. The Bertz CT molecular complexity index is 941. The summed E-state index contributed by atoms with van der Waals surface area (Å²) >= 11 is 7.12. The van der Waals surface area contributed by atoms with Crippen LogP contribution in [0, 0.1) is 0 Å². The number of halogens is 1. The minimum Gasteiger partial charge on any atom is -0.340 e. The van der Waals surface area contributed by atoms with Crippen LogP contribution in [0.5, 0.6) is 0 Å². The van der Waals surface area contributed by atoms with Gasteiger partial charge < -0.3 is 20.4 Å². The highest BCUT2D eigenvalue weighted by Crippen LogP contribution is 2.32. The molecule has 0 bridgehead atoms. The molecular weight excluding hydrogens is 412 g/mol. The number of thiophene rings is 1. The fourth-order valence-electron chi connectivity index (χ4n) is 3.68. The van der Waals surface area contributed by atoms with Gasteiger partial charge in [-0.25, -0.2) is 0 Å². The fraction of sp³-hybridized carbons (Fsp3) is 0.350. The standard InChI is InChI=1S/C20H21ClN4O3S/c21-16-6-5-15(29-16)19(27)23-18-13-3-1-2-4-14(13)20(28)25(18)10-7-17(26)24-11-8-22-9-12-24/h1-6,18,22H,7-12H2,(H,23,27). The van der Waals surface area contributed by atoms with Gasteiger partial charge in [0.15, 0.2) is 0 Å². The average molecular weight is 433 g/mol. The van der Waals surface area contributed by atoms with Crippen LogP contribution >= 0.6 is 22.9 Å². The quantitative estimate of drug-likeness (QED) is 0.758. The molecule has 1 atom stereocenters. The van der Waals surface area contributed by atoms with Crippen molar-refractivity contribution in [3.05, 3.63) is 56.7 Å². The highest BCUT2D eigenvalue weighted by atomic mass is 35.5. The number of fused-ring (bicyclic) bond motifs is 1. The van der Waals surface area contributed by atoms with Crippen molar-refractivity contribution in [3.8, 4) is 0 Å². The van der Waals surface area contributed by atoms with Gasteiger partial charge in [0.1, 0.15) is 6.17 Å². The Balaban J connectivity index is 1.50. The van der Waals surface area contributed by atoms with Crippen LogP contribution in [0.1, 0.15) is 38.2 Å². The minimum absolute atomic E-state index is 0.0189. The summed E-state index contributed by atoms with van der Waals surface area (Å²) in [4.78, 5) is 42.0. The first-order chi connectivity index (χ1) is 14.0. The van der Waals surface area contributed by atoms with E-state index in [1.54, 1.807) is 29.2 Å².